The molecule has 2 atom stereocenters. The lowest BCUT2D eigenvalue weighted by Crippen LogP contribution is -2.33. The fraction of sp³-hybridized carbons (Fsp3) is 0.478. The van der Waals surface area contributed by atoms with Crippen molar-refractivity contribution in [3.05, 3.63) is 118 Å². The summed E-state index contributed by atoms with van der Waals surface area (Å²) in [6.07, 6.45) is 21.8. The summed E-state index contributed by atoms with van der Waals surface area (Å²) in [6, 6.07) is 14.1. The van der Waals surface area contributed by atoms with E-state index in [1.54, 1.807) is 24.3 Å². The van der Waals surface area contributed by atoms with Gasteiger partial charge in [0.2, 0.25) is 11.8 Å². The Morgan fingerprint density at radius 1 is 0.648 bits per heavy atom. The molecule has 54 heavy (non-hydrogen) atoms. The summed E-state index contributed by atoms with van der Waals surface area (Å²) in [7, 11) is 0. The molecule has 2 aliphatic heterocycles. The Kier molecular flexibility index (Phi) is 18.2. The van der Waals surface area contributed by atoms with Gasteiger partial charge >= 0.3 is 11.9 Å². The molecular weight excluding hydrogens is 677 g/mol. The summed E-state index contributed by atoms with van der Waals surface area (Å²) >= 11 is 0. The number of carbonyl (C=O) groups excluding carboxylic acids is 2. The summed E-state index contributed by atoms with van der Waals surface area (Å²) < 4.78 is 0. The Morgan fingerprint density at radius 2 is 1.00 bits per heavy atom. The van der Waals surface area contributed by atoms with Gasteiger partial charge in [-0.05, 0) is 112 Å². The summed E-state index contributed by atoms with van der Waals surface area (Å²) in [5.41, 5.74) is 5.41. The average molecular weight is 739 g/mol. The van der Waals surface area contributed by atoms with Crippen LogP contribution in [0, 0.1) is 11.8 Å². The lowest BCUT2D eigenvalue weighted by molar-refractivity contribution is -0.129. The van der Waals surface area contributed by atoms with E-state index < -0.39 is 11.9 Å². The van der Waals surface area contributed by atoms with Gasteiger partial charge in [-0.2, -0.15) is 0 Å². The van der Waals surface area contributed by atoms with Crippen molar-refractivity contribution in [1.29, 1.82) is 0 Å². The predicted octanol–water partition coefficient (Wildman–Crippen LogP) is 9.71. The van der Waals surface area contributed by atoms with Gasteiger partial charge in [0.15, 0.2) is 0 Å². The molecule has 0 saturated carbocycles. The van der Waals surface area contributed by atoms with Crippen molar-refractivity contribution in [2.75, 3.05) is 13.1 Å². The number of aromatic carboxylic acids is 2. The molecule has 0 spiro atoms. The summed E-state index contributed by atoms with van der Waals surface area (Å²) in [4.78, 5) is 50.2. The second kappa shape index (κ2) is 22.5. The number of amides is 2. The predicted molar refractivity (Wildman–Crippen MR) is 218 cm³/mol. The van der Waals surface area contributed by atoms with Gasteiger partial charge in [-0.1, -0.05) is 99.6 Å². The van der Waals surface area contributed by atoms with Crippen molar-refractivity contribution in [3.63, 3.8) is 0 Å². The highest BCUT2D eigenvalue weighted by Crippen LogP contribution is 2.23. The Balaban J connectivity index is 0.000000290. The number of hydrogen-bond donors (Lipinski definition) is 2. The van der Waals surface area contributed by atoms with Gasteiger partial charge in [-0.3, -0.25) is 9.59 Å². The van der Waals surface area contributed by atoms with E-state index in [9.17, 15) is 19.2 Å². The lowest BCUT2D eigenvalue weighted by atomic mass is 10.0. The second-order valence-corrected chi connectivity index (χ2v) is 15.6. The molecule has 2 heterocycles. The molecule has 0 bridgehead atoms. The lowest BCUT2D eigenvalue weighted by Gasteiger charge is -2.22. The number of rotatable bonds is 18. The normalized spacial score (nSPS) is 18.1. The fourth-order valence-electron chi connectivity index (χ4n) is 6.52. The first-order valence-electron chi connectivity index (χ1n) is 19.6. The summed E-state index contributed by atoms with van der Waals surface area (Å²) in [5.74, 6) is -0.00858. The van der Waals surface area contributed by atoms with Crippen molar-refractivity contribution >= 4 is 23.8 Å². The van der Waals surface area contributed by atoms with Gasteiger partial charge in [0.1, 0.15) is 0 Å². The third-order valence-electron chi connectivity index (χ3n) is 10.1. The minimum Gasteiger partial charge on any atom is -0.478 e. The number of carboxylic acid groups (broad SMARTS) is 2. The maximum Gasteiger partial charge on any atom is 0.335 e. The number of carbonyl (C=O) groups is 4. The topological polar surface area (TPSA) is 115 Å². The highest BCUT2D eigenvalue weighted by atomic mass is 16.4. The van der Waals surface area contributed by atoms with E-state index in [2.05, 4.69) is 78.0 Å². The molecule has 2 aromatic rings. The molecule has 0 aromatic heterocycles. The van der Waals surface area contributed by atoms with Gasteiger partial charge < -0.3 is 20.0 Å². The van der Waals surface area contributed by atoms with Crippen molar-refractivity contribution in [2.24, 2.45) is 11.8 Å². The van der Waals surface area contributed by atoms with Crippen LogP contribution >= 0.6 is 0 Å². The number of benzene rings is 2. The first kappa shape index (κ1) is 43.7. The molecule has 4 rings (SSSR count). The Hall–Kier alpha value is -4.72. The number of hydrogen-bond acceptors (Lipinski definition) is 4. The van der Waals surface area contributed by atoms with E-state index in [-0.39, 0.29) is 35.0 Å². The third kappa shape index (κ3) is 15.3. The molecule has 0 unspecified atom stereocenters. The maximum atomic E-state index is 12.2. The average Bonchev–Trinajstić information content (AvgIpc) is 3.68. The molecule has 0 radical (unpaired) electrons. The molecule has 2 aromatic carbocycles. The fourth-order valence-corrected chi connectivity index (χ4v) is 6.52. The Labute approximate surface area is 323 Å². The van der Waals surface area contributed by atoms with Crippen LogP contribution in [0.2, 0.25) is 0 Å². The van der Waals surface area contributed by atoms with Crippen LogP contribution in [0.5, 0.6) is 0 Å². The van der Waals surface area contributed by atoms with Crippen LogP contribution in [0.25, 0.3) is 0 Å². The number of nitrogens with zero attached hydrogens (tertiary/aromatic N) is 2. The molecule has 8 nitrogen and oxygen atoms in total. The van der Waals surface area contributed by atoms with Gasteiger partial charge in [0.05, 0.1) is 23.2 Å². The molecule has 2 amide bonds. The molecular formula is C46H62N2O6. The Morgan fingerprint density at radius 3 is 1.31 bits per heavy atom. The van der Waals surface area contributed by atoms with Gasteiger partial charge in [-0.15, -0.1) is 0 Å². The third-order valence-corrected chi connectivity index (χ3v) is 10.1. The van der Waals surface area contributed by atoms with E-state index >= 15 is 0 Å². The van der Waals surface area contributed by atoms with Gasteiger partial charge in [0.25, 0.3) is 0 Å². The highest BCUT2D eigenvalue weighted by molar-refractivity contribution is 5.88. The first-order valence-corrected chi connectivity index (χ1v) is 19.6. The van der Waals surface area contributed by atoms with E-state index in [0.717, 1.165) is 49.7 Å². The molecule has 292 valence electrons. The first-order chi connectivity index (χ1) is 25.7. The van der Waals surface area contributed by atoms with Crippen LogP contribution in [-0.4, -0.2) is 68.9 Å². The molecule has 8 heteroatoms. The van der Waals surface area contributed by atoms with E-state index in [1.807, 2.05) is 34.1 Å². The number of allylic oxidation sites excluding steroid dienone is 6. The SMILES string of the molecule is C/C(=C\C=C/[C@H]1CCC(=O)N1CCc1ccc(C(=O)O)cc1)CCC(C)C.C/C(=C\C=C\[C@H]1CCC(=O)N1CCc1ccc(C(=O)O)cc1)CCC(C)C. The number of likely N-dealkylation sites (tertiary alicyclic amines) is 2. The van der Waals surface area contributed by atoms with Crippen molar-refractivity contribution in [2.45, 2.75) is 118 Å². The van der Waals surface area contributed by atoms with Crippen LogP contribution < -0.4 is 0 Å². The Bertz CT molecular complexity index is 1530. The van der Waals surface area contributed by atoms with Gasteiger partial charge in [-0.25, -0.2) is 9.59 Å². The smallest absolute Gasteiger partial charge is 0.335 e. The minimum absolute atomic E-state index is 0.157. The maximum absolute atomic E-state index is 12.2. The zero-order valence-electron chi connectivity index (χ0n) is 33.3. The van der Waals surface area contributed by atoms with Crippen LogP contribution in [0.15, 0.2) is 96.1 Å². The molecule has 2 aliphatic rings. The van der Waals surface area contributed by atoms with Crippen LogP contribution in [0.4, 0.5) is 0 Å². The number of carboxylic acids is 2. The quantitative estimate of drug-likeness (QED) is 0.147. The molecule has 0 aliphatic carbocycles. The van der Waals surface area contributed by atoms with Crippen molar-refractivity contribution in [1.82, 2.24) is 9.80 Å². The zero-order chi connectivity index (χ0) is 39.6. The highest BCUT2D eigenvalue weighted by Gasteiger charge is 2.29. The van der Waals surface area contributed by atoms with Crippen LogP contribution in [0.1, 0.15) is 125 Å². The van der Waals surface area contributed by atoms with Crippen LogP contribution in [0.3, 0.4) is 0 Å². The monoisotopic (exact) mass is 738 g/mol. The van der Waals surface area contributed by atoms with E-state index in [0.29, 0.717) is 37.8 Å². The zero-order valence-corrected chi connectivity index (χ0v) is 33.3. The van der Waals surface area contributed by atoms with Gasteiger partial charge in [0, 0.05) is 25.9 Å². The second-order valence-electron chi connectivity index (χ2n) is 15.6. The molecule has 2 fully saturated rings. The van der Waals surface area contributed by atoms with Crippen LogP contribution in [-0.2, 0) is 22.4 Å². The van der Waals surface area contributed by atoms with Crippen molar-refractivity contribution in [3.8, 4) is 0 Å². The van der Waals surface area contributed by atoms with Crippen molar-refractivity contribution < 1.29 is 29.4 Å². The molecule has 2 saturated heterocycles. The van der Waals surface area contributed by atoms with E-state index in [1.165, 1.54) is 24.0 Å². The van der Waals surface area contributed by atoms with E-state index in [4.69, 9.17) is 10.2 Å². The molecule has 2 N–H and O–H groups in total. The summed E-state index contributed by atoms with van der Waals surface area (Å²) in [5, 5.41) is 17.9. The standard InChI is InChI=1S/2C23H31NO3/c2*1-17(2)7-8-18(3)5-4-6-21-13-14-22(25)24(21)16-15-19-9-11-20(12-10-19)23(26)27/h2*4-6,9-12,17,21H,7-8,13-16H2,1-3H3,(H,26,27)/b6-4+,18-5+;6-4-,18-5+/t2*21-/m00/s1. The largest absolute Gasteiger partial charge is 0.478 e. The summed E-state index contributed by atoms with van der Waals surface area (Å²) in [6.45, 7) is 14.6. The minimum atomic E-state index is -0.918.